The molecule has 1 aliphatic rings. The summed E-state index contributed by atoms with van der Waals surface area (Å²) in [6, 6.07) is 6.46. The molecule has 0 aliphatic carbocycles. The van der Waals surface area contributed by atoms with Gasteiger partial charge in [0.15, 0.2) is 0 Å². The summed E-state index contributed by atoms with van der Waals surface area (Å²) in [5, 5.41) is 12.9. The van der Waals surface area contributed by atoms with Gasteiger partial charge in [0.2, 0.25) is 10.0 Å². The lowest BCUT2D eigenvalue weighted by atomic mass is 9.99. The Bertz CT molecular complexity index is 704. The average Bonchev–Trinajstić information content (AvgIpc) is 2.59. The summed E-state index contributed by atoms with van der Waals surface area (Å²) in [6.07, 6.45) is 0.680. The second-order valence-corrected chi connectivity index (χ2v) is 7.57. The van der Waals surface area contributed by atoms with Gasteiger partial charge >= 0.3 is 5.97 Å². The van der Waals surface area contributed by atoms with Crippen molar-refractivity contribution in [3.8, 4) is 0 Å². The number of nitrogens with zero attached hydrogens (tertiary/aromatic N) is 2. The summed E-state index contributed by atoms with van der Waals surface area (Å²) in [4.78, 5) is 16.2. The first-order valence-electron chi connectivity index (χ1n) is 7.86. The molecule has 0 radical (unpaired) electrons. The Balaban J connectivity index is 2.11. The zero-order valence-corrected chi connectivity index (χ0v) is 14.6. The van der Waals surface area contributed by atoms with Crippen molar-refractivity contribution in [2.24, 2.45) is 11.1 Å². The largest absolute Gasteiger partial charge is 0.481 e. The van der Waals surface area contributed by atoms with E-state index in [1.165, 1.54) is 4.31 Å². The third-order valence-corrected chi connectivity index (χ3v) is 5.96. The maximum absolute atomic E-state index is 12.6. The molecule has 24 heavy (non-hydrogen) atoms. The van der Waals surface area contributed by atoms with Crippen molar-refractivity contribution in [3.63, 3.8) is 0 Å². The molecule has 2 rings (SSSR count). The van der Waals surface area contributed by atoms with Crippen LogP contribution in [0.25, 0.3) is 0 Å². The van der Waals surface area contributed by atoms with Gasteiger partial charge in [0.05, 0.1) is 16.5 Å². The van der Waals surface area contributed by atoms with Crippen LogP contribution in [0.5, 0.6) is 0 Å². The first kappa shape index (κ1) is 18.4. The van der Waals surface area contributed by atoms with Gasteiger partial charge in [-0.25, -0.2) is 8.42 Å². The van der Waals surface area contributed by atoms with E-state index < -0.39 is 21.9 Å². The number of sulfonamides is 1. The molecule has 1 heterocycles. The van der Waals surface area contributed by atoms with Crippen molar-refractivity contribution in [3.05, 3.63) is 29.8 Å². The van der Waals surface area contributed by atoms with Crippen LogP contribution >= 0.6 is 0 Å². The van der Waals surface area contributed by atoms with Crippen LogP contribution < -0.4 is 0 Å². The van der Waals surface area contributed by atoms with Gasteiger partial charge in [-0.2, -0.15) is 4.31 Å². The maximum Gasteiger partial charge on any atom is 0.306 e. The molecule has 8 heteroatoms. The van der Waals surface area contributed by atoms with Crippen molar-refractivity contribution in [1.29, 1.82) is 0 Å². The van der Waals surface area contributed by atoms with Crippen LogP contribution in [-0.4, -0.2) is 49.2 Å². The smallest absolute Gasteiger partial charge is 0.306 e. The second-order valence-electron chi connectivity index (χ2n) is 5.64. The number of benzene rings is 1. The first-order valence-corrected chi connectivity index (χ1v) is 9.30. The minimum absolute atomic E-state index is 0.198. The molecule has 0 aromatic heterocycles. The number of piperidine rings is 1. The summed E-state index contributed by atoms with van der Waals surface area (Å²) in [6.45, 7) is 4.55. The van der Waals surface area contributed by atoms with Gasteiger partial charge in [0.1, 0.15) is 6.61 Å². The second kappa shape index (κ2) is 7.76. The van der Waals surface area contributed by atoms with E-state index in [0.29, 0.717) is 25.2 Å². The molecular formula is C16H22N2O5S. The average molecular weight is 354 g/mol. The fourth-order valence-electron chi connectivity index (χ4n) is 2.57. The SMILES string of the molecule is CCON=C(C)c1ccc(S(=O)(=O)N2CCC(C(=O)O)CC2)cc1. The van der Waals surface area contributed by atoms with E-state index in [0.717, 1.165) is 5.56 Å². The van der Waals surface area contributed by atoms with Gasteiger partial charge in [-0.3, -0.25) is 4.79 Å². The Morgan fingerprint density at radius 2 is 1.88 bits per heavy atom. The number of aliphatic carboxylic acids is 1. The maximum atomic E-state index is 12.6. The summed E-state index contributed by atoms with van der Waals surface area (Å²) in [5.41, 5.74) is 1.45. The molecule has 1 aromatic rings. The summed E-state index contributed by atoms with van der Waals surface area (Å²) >= 11 is 0. The van der Waals surface area contributed by atoms with Crippen LogP contribution in [0.4, 0.5) is 0 Å². The van der Waals surface area contributed by atoms with Crippen LogP contribution in [0.3, 0.4) is 0 Å². The molecule has 0 unspecified atom stereocenters. The molecule has 1 N–H and O–H groups in total. The summed E-state index contributed by atoms with van der Waals surface area (Å²) in [5.74, 6) is -1.32. The summed E-state index contributed by atoms with van der Waals surface area (Å²) < 4.78 is 26.6. The van der Waals surface area contributed by atoms with Gasteiger partial charge in [0, 0.05) is 13.1 Å². The number of hydrogen-bond donors (Lipinski definition) is 1. The number of oxime groups is 1. The van der Waals surface area contributed by atoms with Crippen molar-refractivity contribution < 1.29 is 23.2 Å². The van der Waals surface area contributed by atoms with Crippen LogP contribution in [0.15, 0.2) is 34.3 Å². The molecule has 1 aromatic carbocycles. The fraction of sp³-hybridized carbons (Fsp3) is 0.500. The third kappa shape index (κ3) is 4.12. The zero-order valence-electron chi connectivity index (χ0n) is 13.8. The van der Waals surface area contributed by atoms with E-state index in [4.69, 9.17) is 9.94 Å². The highest BCUT2D eigenvalue weighted by atomic mass is 32.2. The molecule has 7 nitrogen and oxygen atoms in total. The standard InChI is InChI=1S/C16H22N2O5S/c1-3-23-17-12(2)13-4-6-15(7-5-13)24(21,22)18-10-8-14(9-11-18)16(19)20/h4-7,14H,3,8-11H2,1-2H3,(H,19,20). The lowest BCUT2D eigenvalue weighted by Gasteiger charge is -2.29. The first-order chi connectivity index (χ1) is 11.4. The van der Waals surface area contributed by atoms with E-state index >= 15 is 0 Å². The normalized spacial score (nSPS) is 17.7. The van der Waals surface area contributed by atoms with Crippen LogP contribution in [0.1, 0.15) is 32.3 Å². The molecule has 1 aliphatic heterocycles. The van der Waals surface area contributed by atoms with Gasteiger partial charge < -0.3 is 9.94 Å². The predicted octanol–water partition coefficient (Wildman–Crippen LogP) is 1.93. The van der Waals surface area contributed by atoms with E-state index in [2.05, 4.69) is 5.16 Å². The minimum atomic E-state index is -3.60. The Kier molecular flexibility index (Phi) is 5.95. The predicted molar refractivity (Wildman–Crippen MR) is 89.4 cm³/mol. The van der Waals surface area contributed by atoms with Gasteiger partial charge in [-0.05, 0) is 44.4 Å². The number of carboxylic acids is 1. The number of hydrogen-bond acceptors (Lipinski definition) is 5. The number of rotatable bonds is 6. The van der Waals surface area contributed by atoms with Crippen LogP contribution in [0, 0.1) is 5.92 Å². The number of carboxylic acid groups (broad SMARTS) is 1. The van der Waals surface area contributed by atoms with Gasteiger partial charge in [-0.1, -0.05) is 17.3 Å². The zero-order chi connectivity index (χ0) is 17.7. The molecule has 132 valence electrons. The highest BCUT2D eigenvalue weighted by Gasteiger charge is 2.31. The highest BCUT2D eigenvalue weighted by molar-refractivity contribution is 7.89. The minimum Gasteiger partial charge on any atom is -0.481 e. The van der Waals surface area contributed by atoms with E-state index in [-0.39, 0.29) is 18.0 Å². The highest BCUT2D eigenvalue weighted by Crippen LogP contribution is 2.24. The Labute approximate surface area is 142 Å². The Morgan fingerprint density at radius 1 is 1.29 bits per heavy atom. The molecule has 0 saturated carbocycles. The van der Waals surface area contributed by atoms with Crippen molar-refractivity contribution in [2.45, 2.75) is 31.6 Å². The lowest BCUT2D eigenvalue weighted by Crippen LogP contribution is -2.40. The van der Waals surface area contributed by atoms with Crippen LogP contribution in [0.2, 0.25) is 0 Å². The molecule has 0 spiro atoms. The lowest BCUT2D eigenvalue weighted by molar-refractivity contribution is -0.142. The Morgan fingerprint density at radius 3 is 2.38 bits per heavy atom. The molecule has 1 fully saturated rings. The quantitative estimate of drug-likeness (QED) is 0.622. The topological polar surface area (TPSA) is 96.3 Å². The molecular weight excluding hydrogens is 332 g/mol. The molecule has 0 amide bonds. The fourth-order valence-corrected chi connectivity index (χ4v) is 4.04. The van der Waals surface area contributed by atoms with Crippen molar-refractivity contribution >= 4 is 21.7 Å². The third-order valence-electron chi connectivity index (χ3n) is 4.04. The van der Waals surface area contributed by atoms with Crippen LogP contribution in [-0.2, 0) is 19.7 Å². The monoisotopic (exact) mass is 354 g/mol. The van der Waals surface area contributed by atoms with Crippen molar-refractivity contribution in [2.75, 3.05) is 19.7 Å². The van der Waals surface area contributed by atoms with Gasteiger partial charge in [-0.15, -0.1) is 0 Å². The molecule has 0 atom stereocenters. The summed E-state index contributed by atoms with van der Waals surface area (Å²) in [7, 11) is -3.60. The molecule has 0 bridgehead atoms. The Hall–Kier alpha value is -1.93. The van der Waals surface area contributed by atoms with E-state index in [1.807, 2.05) is 6.92 Å². The van der Waals surface area contributed by atoms with Gasteiger partial charge in [0.25, 0.3) is 0 Å². The number of carbonyl (C=O) groups is 1. The van der Waals surface area contributed by atoms with E-state index in [1.54, 1.807) is 31.2 Å². The van der Waals surface area contributed by atoms with Crippen molar-refractivity contribution in [1.82, 2.24) is 4.31 Å². The molecule has 1 saturated heterocycles. The van der Waals surface area contributed by atoms with E-state index in [9.17, 15) is 13.2 Å².